The normalized spacial score (nSPS) is 16.2. The summed E-state index contributed by atoms with van der Waals surface area (Å²) in [5, 5.41) is 2.95. The molecule has 31 heavy (non-hydrogen) atoms. The van der Waals surface area contributed by atoms with Crippen LogP contribution in [0.1, 0.15) is 51.0 Å². The largest absolute Gasteiger partial charge is 0.352 e. The van der Waals surface area contributed by atoms with Gasteiger partial charge in [0.25, 0.3) is 0 Å². The van der Waals surface area contributed by atoms with Crippen LogP contribution >= 0.6 is 0 Å². The number of carbonyl (C=O) groups is 1. The highest BCUT2D eigenvalue weighted by molar-refractivity contribution is 7.89. The average Bonchev–Trinajstić information content (AvgIpc) is 2.77. The van der Waals surface area contributed by atoms with Crippen LogP contribution in [0.15, 0.2) is 59.5 Å². The van der Waals surface area contributed by atoms with Crippen LogP contribution in [0.25, 0.3) is 0 Å². The SMILES string of the molecule is C[C@@H](CCc1ccccc1)NC(=O)CN(C1CCCCC1)S(=O)(=O)c1ccc(F)cc1. The van der Waals surface area contributed by atoms with E-state index in [1.807, 2.05) is 25.1 Å². The maximum Gasteiger partial charge on any atom is 0.243 e. The Balaban J connectivity index is 1.67. The fourth-order valence-electron chi connectivity index (χ4n) is 4.08. The van der Waals surface area contributed by atoms with Crippen molar-refractivity contribution in [2.45, 2.75) is 68.8 Å². The van der Waals surface area contributed by atoms with Crippen LogP contribution < -0.4 is 5.32 Å². The number of carbonyl (C=O) groups excluding carboxylic acids is 1. The fraction of sp³-hybridized carbons (Fsp3) is 0.458. The van der Waals surface area contributed by atoms with Gasteiger partial charge >= 0.3 is 0 Å². The van der Waals surface area contributed by atoms with Gasteiger partial charge in [-0.1, -0.05) is 49.6 Å². The number of sulfonamides is 1. The standard InChI is InChI=1S/C24H31FN2O3S/c1-19(12-13-20-8-4-2-5-9-20)26-24(28)18-27(22-10-6-3-7-11-22)31(29,30)23-16-14-21(25)15-17-23/h2,4-5,8-9,14-17,19,22H,3,6-7,10-13,18H2,1H3,(H,26,28)/t19-/m0/s1. The van der Waals surface area contributed by atoms with E-state index in [9.17, 15) is 17.6 Å². The second-order valence-electron chi connectivity index (χ2n) is 8.29. The molecular weight excluding hydrogens is 415 g/mol. The van der Waals surface area contributed by atoms with E-state index in [0.717, 1.165) is 57.1 Å². The predicted molar refractivity (Wildman–Crippen MR) is 120 cm³/mol. The second-order valence-corrected chi connectivity index (χ2v) is 10.2. The minimum Gasteiger partial charge on any atom is -0.352 e. The summed E-state index contributed by atoms with van der Waals surface area (Å²) in [7, 11) is -3.90. The maximum absolute atomic E-state index is 13.3. The van der Waals surface area contributed by atoms with Crippen LogP contribution in [-0.4, -0.2) is 37.3 Å². The van der Waals surface area contributed by atoms with Gasteiger partial charge in [0.1, 0.15) is 5.82 Å². The first-order chi connectivity index (χ1) is 14.9. The lowest BCUT2D eigenvalue weighted by Gasteiger charge is -2.33. The zero-order valence-corrected chi connectivity index (χ0v) is 18.8. The van der Waals surface area contributed by atoms with Gasteiger partial charge in [0.15, 0.2) is 0 Å². The summed E-state index contributed by atoms with van der Waals surface area (Å²) in [5.41, 5.74) is 1.20. The van der Waals surface area contributed by atoms with E-state index >= 15 is 0 Å². The number of hydrogen-bond donors (Lipinski definition) is 1. The van der Waals surface area contributed by atoms with Gasteiger partial charge in [0.2, 0.25) is 15.9 Å². The third-order valence-corrected chi connectivity index (χ3v) is 7.73. The molecule has 1 fully saturated rings. The molecular formula is C24H31FN2O3S. The van der Waals surface area contributed by atoms with Crippen LogP contribution in [0.3, 0.4) is 0 Å². The highest BCUT2D eigenvalue weighted by Crippen LogP contribution is 2.27. The van der Waals surface area contributed by atoms with Crippen LogP contribution in [0.2, 0.25) is 0 Å². The van der Waals surface area contributed by atoms with Crippen LogP contribution in [0.4, 0.5) is 4.39 Å². The van der Waals surface area contributed by atoms with Crippen molar-refractivity contribution in [3.05, 3.63) is 66.0 Å². The van der Waals surface area contributed by atoms with Crippen molar-refractivity contribution in [1.82, 2.24) is 9.62 Å². The van der Waals surface area contributed by atoms with Crippen molar-refractivity contribution in [3.8, 4) is 0 Å². The van der Waals surface area contributed by atoms with Crippen LogP contribution in [-0.2, 0) is 21.2 Å². The predicted octanol–water partition coefficient (Wildman–Crippen LogP) is 4.29. The highest BCUT2D eigenvalue weighted by Gasteiger charge is 2.34. The van der Waals surface area contributed by atoms with Gasteiger partial charge < -0.3 is 5.32 Å². The Hall–Kier alpha value is -2.25. The number of nitrogens with one attached hydrogen (secondary N) is 1. The van der Waals surface area contributed by atoms with E-state index in [-0.39, 0.29) is 29.4 Å². The van der Waals surface area contributed by atoms with E-state index in [1.165, 1.54) is 22.0 Å². The van der Waals surface area contributed by atoms with Gasteiger partial charge in [-0.05, 0) is 62.4 Å². The number of nitrogens with zero attached hydrogens (tertiary/aromatic N) is 1. The summed E-state index contributed by atoms with van der Waals surface area (Å²) in [6.45, 7) is 1.71. The molecule has 0 radical (unpaired) electrons. The van der Waals surface area contributed by atoms with E-state index < -0.39 is 15.8 Å². The van der Waals surface area contributed by atoms with E-state index in [2.05, 4.69) is 17.4 Å². The number of amides is 1. The Morgan fingerprint density at radius 3 is 2.35 bits per heavy atom. The minimum atomic E-state index is -3.90. The summed E-state index contributed by atoms with van der Waals surface area (Å²) in [4.78, 5) is 12.8. The van der Waals surface area contributed by atoms with E-state index in [1.54, 1.807) is 0 Å². The first-order valence-corrected chi connectivity index (χ1v) is 12.4. The number of rotatable bonds is 9. The molecule has 1 atom stereocenters. The average molecular weight is 447 g/mol. The molecule has 168 valence electrons. The minimum absolute atomic E-state index is 0.0180. The molecule has 7 heteroatoms. The molecule has 1 saturated carbocycles. The van der Waals surface area contributed by atoms with Crippen molar-refractivity contribution in [2.75, 3.05) is 6.54 Å². The zero-order chi connectivity index (χ0) is 22.3. The zero-order valence-electron chi connectivity index (χ0n) is 18.0. The molecule has 0 aliphatic heterocycles. The summed E-state index contributed by atoms with van der Waals surface area (Å²) in [6, 6.07) is 14.6. The molecule has 3 rings (SSSR count). The molecule has 1 aliphatic rings. The molecule has 0 spiro atoms. The lowest BCUT2D eigenvalue weighted by Crippen LogP contribution is -2.48. The van der Waals surface area contributed by atoms with E-state index in [0.29, 0.717) is 0 Å². The second kappa shape index (κ2) is 10.9. The number of benzene rings is 2. The smallest absolute Gasteiger partial charge is 0.243 e. The fourth-order valence-corrected chi connectivity index (χ4v) is 5.72. The Morgan fingerprint density at radius 1 is 1.06 bits per heavy atom. The summed E-state index contributed by atoms with van der Waals surface area (Å²) in [6.07, 6.45) is 6.02. The molecule has 1 N–H and O–H groups in total. The number of halogens is 1. The quantitative estimate of drug-likeness (QED) is 0.625. The molecule has 1 aliphatic carbocycles. The lowest BCUT2D eigenvalue weighted by molar-refractivity contribution is -0.122. The van der Waals surface area contributed by atoms with Crippen molar-refractivity contribution < 1.29 is 17.6 Å². The van der Waals surface area contributed by atoms with Gasteiger partial charge in [0, 0.05) is 12.1 Å². The molecule has 5 nitrogen and oxygen atoms in total. The maximum atomic E-state index is 13.3. The van der Waals surface area contributed by atoms with Crippen molar-refractivity contribution in [3.63, 3.8) is 0 Å². The molecule has 0 heterocycles. The summed E-state index contributed by atoms with van der Waals surface area (Å²) >= 11 is 0. The van der Waals surface area contributed by atoms with Gasteiger partial charge in [-0.15, -0.1) is 0 Å². The number of hydrogen-bond acceptors (Lipinski definition) is 3. The van der Waals surface area contributed by atoms with Crippen molar-refractivity contribution >= 4 is 15.9 Å². The van der Waals surface area contributed by atoms with Crippen LogP contribution in [0.5, 0.6) is 0 Å². The summed E-state index contributed by atoms with van der Waals surface area (Å²) in [5.74, 6) is -0.801. The summed E-state index contributed by atoms with van der Waals surface area (Å²) < 4.78 is 41.2. The molecule has 0 aromatic heterocycles. The topological polar surface area (TPSA) is 66.5 Å². The Kier molecular flexibility index (Phi) is 8.21. The van der Waals surface area contributed by atoms with Crippen molar-refractivity contribution in [2.24, 2.45) is 0 Å². The van der Waals surface area contributed by atoms with Crippen LogP contribution in [0, 0.1) is 5.82 Å². The molecule has 2 aromatic carbocycles. The van der Waals surface area contributed by atoms with Gasteiger partial charge in [0.05, 0.1) is 11.4 Å². The highest BCUT2D eigenvalue weighted by atomic mass is 32.2. The Labute approximate surface area is 184 Å². The monoisotopic (exact) mass is 446 g/mol. The Bertz CT molecular complexity index is 943. The first kappa shape index (κ1) is 23.4. The third kappa shape index (κ3) is 6.61. The molecule has 1 amide bonds. The van der Waals surface area contributed by atoms with Gasteiger partial charge in [-0.25, -0.2) is 12.8 Å². The first-order valence-electron chi connectivity index (χ1n) is 11.0. The third-order valence-electron chi connectivity index (χ3n) is 5.82. The van der Waals surface area contributed by atoms with Gasteiger partial charge in [-0.2, -0.15) is 4.31 Å². The molecule has 0 saturated heterocycles. The molecule has 0 unspecified atom stereocenters. The van der Waals surface area contributed by atoms with E-state index in [4.69, 9.17) is 0 Å². The number of aryl methyl sites for hydroxylation is 1. The van der Waals surface area contributed by atoms with Crippen molar-refractivity contribution in [1.29, 1.82) is 0 Å². The molecule has 2 aromatic rings. The Morgan fingerprint density at radius 2 is 1.71 bits per heavy atom. The van der Waals surface area contributed by atoms with Gasteiger partial charge in [-0.3, -0.25) is 4.79 Å². The molecule has 0 bridgehead atoms. The lowest BCUT2D eigenvalue weighted by atomic mass is 9.95.